The second kappa shape index (κ2) is 5.46. The smallest absolute Gasteiger partial charge is 0.335 e. The van der Waals surface area contributed by atoms with Gasteiger partial charge in [-0.15, -0.1) is 0 Å². The molecule has 1 aromatic rings. The summed E-state index contributed by atoms with van der Waals surface area (Å²) in [5.41, 5.74) is 0.538. The number of rotatable bonds is 3. The van der Waals surface area contributed by atoms with Crippen LogP contribution in [0.25, 0.3) is 0 Å². The molecular formula is C13H16FNO3. The Balaban J connectivity index is 2.17. The van der Waals surface area contributed by atoms with E-state index in [1.54, 1.807) is 0 Å². The van der Waals surface area contributed by atoms with Crippen molar-refractivity contribution in [3.05, 3.63) is 35.1 Å². The van der Waals surface area contributed by atoms with Crippen LogP contribution in [-0.2, 0) is 11.3 Å². The molecule has 1 unspecified atom stereocenters. The van der Waals surface area contributed by atoms with Gasteiger partial charge in [0.15, 0.2) is 0 Å². The molecule has 1 N–H and O–H groups in total. The SMILES string of the molecule is CC1COCCN1Cc1cc(C(=O)O)ccc1F. The highest BCUT2D eigenvalue weighted by atomic mass is 19.1. The lowest BCUT2D eigenvalue weighted by Crippen LogP contribution is -2.43. The van der Waals surface area contributed by atoms with Gasteiger partial charge in [0.25, 0.3) is 0 Å². The maximum Gasteiger partial charge on any atom is 0.335 e. The molecule has 0 radical (unpaired) electrons. The van der Waals surface area contributed by atoms with Crippen molar-refractivity contribution in [2.75, 3.05) is 19.8 Å². The monoisotopic (exact) mass is 253 g/mol. The molecule has 2 rings (SSSR count). The third kappa shape index (κ3) is 2.86. The Hall–Kier alpha value is -1.46. The number of hydrogen-bond acceptors (Lipinski definition) is 3. The van der Waals surface area contributed by atoms with E-state index in [1.165, 1.54) is 18.2 Å². The molecule has 1 aromatic carbocycles. The molecule has 5 heteroatoms. The number of benzene rings is 1. The molecular weight excluding hydrogens is 237 g/mol. The first-order valence-corrected chi connectivity index (χ1v) is 5.91. The lowest BCUT2D eigenvalue weighted by atomic mass is 10.1. The first-order valence-electron chi connectivity index (χ1n) is 5.91. The fraction of sp³-hybridized carbons (Fsp3) is 0.462. The molecule has 0 aliphatic carbocycles. The summed E-state index contributed by atoms with van der Waals surface area (Å²) in [7, 11) is 0. The predicted molar refractivity (Wildman–Crippen MR) is 64.1 cm³/mol. The zero-order valence-electron chi connectivity index (χ0n) is 10.2. The van der Waals surface area contributed by atoms with Crippen molar-refractivity contribution in [2.45, 2.75) is 19.5 Å². The molecule has 18 heavy (non-hydrogen) atoms. The van der Waals surface area contributed by atoms with E-state index in [0.29, 0.717) is 25.3 Å². The maximum atomic E-state index is 13.7. The van der Waals surface area contributed by atoms with Crippen LogP contribution >= 0.6 is 0 Å². The molecule has 0 saturated carbocycles. The van der Waals surface area contributed by atoms with Crippen molar-refractivity contribution in [3.63, 3.8) is 0 Å². The molecule has 0 aromatic heterocycles. The number of halogens is 1. The molecule has 0 spiro atoms. The Kier molecular flexibility index (Phi) is 3.93. The third-order valence-corrected chi connectivity index (χ3v) is 3.17. The number of carbonyl (C=O) groups is 1. The highest BCUT2D eigenvalue weighted by Gasteiger charge is 2.20. The summed E-state index contributed by atoms with van der Waals surface area (Å²) < 4.78 is 19.0. The molecule has 1 aliphatic heterocycles. The molecule has 1 fully saturated rings. The van der Waals surface area contributed by atoms with E-state index in [4.69, 9.17) is 9.84 Å². The number of carboxylic acids is 1. The Labute approximate surface area is 105 Å². The van der Waals surface area contributed by atoms with Crippen LogP contribution in [0.2, 0.25) is 0 Å². The van der Waals surface area contributed by atoms with E-state index in [0.717, 1.165) is 6.54 Å². The quantitative estimate of drug-likeness (QED) is 0.891. The number of carboxylic acid groups (broad SMARTS) is 1. The number of hydrogen-bond donors (Lipinski definition) is 1. The van der Waals surface area contributed by atoms with Crippen LogP contribution in [0, 0.1) is 5.82 Å². The summed E-state index contributed by atoms with van der Waals surface area (Å²) >= 11 is 0. The van der Waals surface area contributed by atoms with Crippen LogP contribution in [-0.4, -0.2) is 41.8 Å². The highest BCUT2D eigenvalue weighted by molar-refractivity contribution is 5.87. The largest absolute Gasteiger partial charge is 0.478 e. The van der Waals surface area contributed by atoms with Crippen molar-refractivity contribution in [1.29, 1.82) is 0 Å². The first-order chi connectivity index (χ1) is 8.58. The van der Waals surface area contributed by atoms with E-state index in [9.17, 15) is 9.18 Å². The lowest BCUT2D eigenvalue weighted by molar-refractivity contribution is -0.00481. The zero-order valence-corrected chi connectivity index (χ0v) is 10.2. The van der Waals surface area contributed by atoms with Crippen molar-refractivity contribution in [2.24, 2.45) is 0 Å². The van der Waals surface area contributed by atoms with Gasteiger partial charge in [0.2, 0.25) is 0 Å². The maximum absolute atomic E-state index is 13.7. The molecule has 1 heterocycles. The van der Waals surface area contributed by atoms with Gasteiger partial charge in [-0.1, -0.05) is 0 Å². The van der Waals surface area contributed by atoms with Gasteiger partial charge >= 0.3 is 5.97 Å². The molecule has 0 amide bonds. The Morgan fingerprint density at radius 3 is 3.06 bits per heavy atom. The summed E-state index contributed by atoms with van der Waals surface area (Å²) in [4.78, 5) is 13.0. The molecule has 0 bridgehead atoms. The van der Waals surface area contributed by atoms with Crippen LogP contribution in [0.4, 0.5) is 4.39 Å². The van der Waals surface area contributed by atoms with E-state index >= 15 is 0 Å². The fourth-order valence-electron chi connectivity index (χ4n) is 2.04. The van der Waals surface area contributed by atoms with Gasteiger partial charge in [-0.3, -0.25) is 4.90 Å². The van der Waals surface area contributed by atoms with Gasteiger partial charge in [0, 0.05) is 24.7 Å². The van der Waals surface area contributed by atoms with Crippen LogP contribution in [0.5, 0.6) is 0 Å². The minimum Gasteiger partial charge on any atom is -0.478 e. The normalized spacial score (nSPS) is 20.9. The van der Waals surface area contributed by atoms with Gasteiger partial charge < -0.3 is 9.84 Å². The summed E-state index contributed by atoms with van der Waals surface area (Å²) in [6.45, 7) is 4.41. The second-order valence-electron chi connectivity index (χ2n) is 4.51. The zero-order chi connectivity index (χ0) is 13.1. The molecule has 98 valence electrons. The third-order valence-electron chi connectivity index (χ3n) is 3.17. The van der Waals surface area contributed by atoms with E-state index < -0.39 is 5.97 Å². The van der Waals surface area contributed by atoms with Crippen LogP contribution < -0.4 is 0 Å². The summed E-state index contributed by atoms with van der Waals surface area (Å²) in [6, 6.07) is 4.11. The van der Waals surface area contributed by atoms with Gasteiger partial charge in [-0.25, -0.2) is 9.18 Å². The van der Waals surface area contributed by atoms with Gasteiger partial charge in [0.05, 0.1) is 18.8 Å². The standard InChI is InChI=1S/C13H16FNO3/c1-9-8-18-5-4-15(9)7-11-6-10(13(16)17)2-3-12(11)14/h2-3,6,9H,4-5,7-8H2,1H3,(H,16,17). The van der Waals surface area contributed by atoms with Crippen LogP contribution in [0.15, 0.2) is 18.2 Å². The van der Waals surface area contributed by atoms with Crippen molar-refractivity contribution in [1.82, 2.24) is 4.90 Å². The minimum atomic E-state index is -1.04. The average Bonchev–Trinajstić information content (AvgIpc) is 2.34. The lowest BCUT2D eigenvalue weighted by Gasteiger charge is -2.33. The van der Waals surface area contributed by atoms with Gasteiger partial charge in [0.1, 0.15) is 5.82 Å². The fourth-order valence-corrected chi connectivity index (χ4v) is 2.04. The van der Waals surface area contributed by atoms with E-state index in [2.05, 4.69) is 4.90 Å². The Morgan fingerprint density at radius 2 is 2.39 bits per heavy atom. The minimum absolute atomic E-state index is 0.118. The van der Waals surface area contributed by atoms with Crippen molar-refractivity contribution >= 4 is 5.97 Å². The topological polar surface area (TPSA) is 49.8 Å². The van der Waals surface area contributed by atoms with Crippen LogP contribution in [0.1, 0.15) is 22.8 Å². The van der Waals surface area contributed by atoms with Crippen LogP contribution in [0.3, 0.4) is 0 Å². The van der Waals surface area contributed by atoms with E-state index in [-0.39, 0.29) is 17.4 Å². The number of ether oxygens (including phenoxy) is 1. The summed E-state index contributed by atoms with van der Waals surface area (Å²) in [5, 5.41) is 8.90. The number of morpholine rings is 1. The Bertz CT molecular complexity index is 450. The molecule has 1 atom stereocenters. The van der Waals surface area contributed by atoms with Gasteiger partial charge in [-0.2, -0.15) is 0 Å². The summed E-state index contributed by atoms with van der Waals surface area (Å²) in [6.07, 6.45) is 0. The van der Waals surface area contributed by atoms with Gasteiger partial charge in [-0.05, 0) is 25.1 Å². The Morgan fingerprint density at radius 1 is 1.61 bits per heavy atom. The van der Waals surface area contributed by atoms with E-state index in [1.807, 2.05) is 6.92 Å². The molecule has 1 saturated heterocycles. The predicted octanol–water partition coefficient (Wildman–Crippen LogP) is 1.74. The molecule has 1 aliphatic rings. The number of aromatic carboxylic acids is 1. The summed E-state index contributed by atoms with van der Waals surface area (Å²) in [5.74, 6) is -1.40. The average molecular weight is 253 g/mol. The molecule has 4 nitrogen and oxygen atoms in total. The second-order valence-corrected chi connectivity index (χ2v) is 4.51. The first kappa shape index (κ1) is 13.0. The van der Waals surface area contributed by atoms with Crippen molar-refractivity contribution in [3.8, 4) is 0 Å². The number of nitrogens with zero attached hydrogens (tertiary/aromatic N) is 1. The van der Waals surface area contributed by atoms with Crippen molar-refractivity contribution < 1.29 is 19.0 Å². The highest BCUT2D eigenvalue weighted by Crippen LogP contribution is 2.16.